The zero-order valence-corrected chi connectivity index (χ0v) is 19.0. The van der Waals surface area contributed by atoms with E-state index in [-0.39, 0.29) is 11.9 Å². The number of benzene rings is 2. The number of carbonyl (C=O) groups is 1. The van der Waals surface area contributed by atoms with Crippen LogP contribution in [0.3, 0.4) is 0 Å². The number of halogens is 1. The van der Waals surface area contributed by atoms with Crippen LogP contribution in [0.1, 0.15) is 23.9 Å². The first-order valence-electron chi connectivity index (χ1n) is 11.2. The monoisotopic (exact) mass is 467 g/mol. The number of aromatic nitrogens is 2. The zero-order chi connectivity index (χ0) is 22.6. The molecule has 0 saturated carbocycles. The summed E-state index contributed by atoms with van der Waals surface area (Å²) in [6.07, 6.45) is 0.790. The number of amides is 1. The average Bonchev–Trinajstić information content (AvgIpc) is 3.29. The second kappa shape index (κ2) is 9.91. The normalized spacial score (nSPS) is 19.0. The van der Waals surface area contributed by atoms with Crippen LogP contribution in [0.25, 0.3) is 11.4 Å². The summed E-state index contributed by atoms with van der Waals surface area (Å²) < 4.78 is 11.1. The Hall–Kier alpha value is -2.94. The summed E-state index contributed by atoms with van der Waals surface area (Å²) in [5.41, 5.74) is 1.93. The number of ether oxygens (including phenoxy) is 1. The van der Waals surface area contributed by atoms with Crippen molar-refractivity contribution in [2.24, 2.45) is 0 Å². The number of hydrogen-bond donors (Lipinski definition) is 1. The Morgan fingerprint density at radius 2 is 1.82 bits per heavy atom. The molecule has 1 N–H and O–H groups in total. The van der Waals surface area contributed by atoms with Gasteiger partial charge >= 0.3 is 0 Å². The van der Waals surface area contributed by atoms with E-state index in [4.69, 9.17) is 20.9 Å². The maximum absolute atomic E-state index is 12.7. The maximum atomic E-state index is 12.7. The molecule has 0 bridgehead atoms. The number of nitrogens with one attached hydrogen (secondary N) is 1. The molecule has 1 saturated heterocycles. The van der Waals surface area contributed by atoms with Crippen molar-refractivity contribution in [2.75, 3.05) is 39.3 Å². The summed E-state index contributed by atoms with van der Waals surface area (Å²) in [7, 11) is 0. The molecule has 2 aromatic carbocycles. The number of nitrogens with zero attached hydrogens (tertiary/aromatic N) is 4. The molecule has 3 aromatic rings. The van der Waals surface area contributed by atoms with E-state index in [9.17, 15) is 4.79 Å². The van der Waals surface area contributed by atoms with Gasteiger partial charge in [-0.3, -0.25) is 14.6 Å². The van der Waals surface area contributed by atoms with E-state index in [0.717, 1.165) is 49.5 Å². The Morgan fingerprint density at radius 1 is 1.06 bits per heavy atom. The van der Waals surface area contributed by atoms with Crippen LogP contribution in [-0.2, 0) is 11.3 Å². The Kier molecular flexibility index (Phi) is 6.57. The van der Waals surface area contributed by atoms with Gasteiger partial charge in [0.25, 0.3) is 0 Å². The minimum absolute atomic E-state index is 0.0103. The van der Waals surface area contributed by atoms with Gasteiger partial charge in [0.2, 0.25) is 17.6 Å². The third kappa shape index (κ3) is 5.35. The Balaban J connectivity index is 1.09. The summed E-state index contributed by atoms with van der Waals surface area (Å²) in [6.45, 7) is 4.92. The van der Waals surface area contributed by atoms with Crippen molar-refractivity contribution >= 4 is 17.5 Å². The third-order valence-electron chi connectivity index (χ3n) is 6.06. The van der Waals surface area contributed by atoms with Crippen LogP contribution >= 0.6 is 11.6 Å². The van der Waals surface area contributed by atoms with Crippen LogP contribution in [0, 0.1) is 0 Å². The molecule has 9 heteroatoms. The minimum Gasteiger partial charge on any atom is -0.493 e. The fourth-order valence-electron chi connectivity index (χ4n) is 4.27. The molecule has 2 aliphatic heterocycles. The van der Waals surface area contributed by atoms with Crippen molar-refractivity contribution in [3.63, 3.8) is 0 Å². The van der Waals surface area contributed by atoms with E-state index >= 15 is 0 Å². The molecule has 33 heavy (non-hydrogen) atoms. The van der Waals surface area contributed by atoms with Gasteiger partial charge in [0.1, 0.15) is 5.75 Å². The molecule has 1 amide bonds. The van der Waals surface area contributed by atoms with Gasteiger partial charge in [0, 0.05) is 48.7 Å². The number of hydrogen-bond acceptors (Lipinski definition) is 7. The predicted octanol–water partition coefficient (Wildman–Crippen LogP) is 3.15. The van der Waals surface area contributed by atoms with E-state index in [0.29, 0.717) is 36.4 Å². The molecular weight excluding hydrogens is 442 g/mol. The third-order valence-corrected chi connectivity index (χ3v) is 6.31. The lowest BCUT2D eigenvalue weighted by Crippen LogP contribution is -2.49. The van der Waals surface area contributed by atoms with Gasteiger partial charge in [-0.25, -0.2) is 0 Å². The quantitative estimate of drug-likeness (QED) is 0.596. The van der Waals surface area contributed by atoms with Crippen molar-refractivity contribution in [3.8, 4) is 17.1 Å². The lowest BCUT2D eigenvalue weighted by atomic mass is 10.0. The Labute approximate surface area is 197 Å². The molecular formula is C24H26ClN5O3. The van der Waals surface area contributed by atoms with Crippen molar-refractivity contribution in [3.05, 3.63) is 65.0 Å². The highest BCUT2D eigenvalue weighted by atomic mass is 35.5. The second-order valence-corrected chi connectivity index (χ2v) is 8.80. The fraction of sp³-hybridized carbons (Fsp3) is 0.375. The molecule has 1 atom stereocenters. The lowest BCUT2D eigenvalue weighted by molar-refractivity contribution is -0.123. The highest BCUT2D eigenvalue weighted by Gasteiger charge is 2.25. The van der Waals surface area contributed by atoms with E-state index in [1.54, 1.807) is 0 Å². The van der Waals surface area contributed by atoms with Crippen molar-refractivity contribution in [1.29, 1.82) is 0 Å². The van der Waals surface area contributed by atoms with Crippen molar-refractivity contribution < 1.29 is 14.1 Å². The van der Waals surface area contributed by atoms with Gasteiger partial charge in [-0.15, -0.1) is 0 Å². The lowest BCUT2D eigenvalue weighted by Gasteiger charge is -2.34. The molecule has 172 valence electrons. The smallest absolute Gasteiger partial charge is 0.241 e. The summed E-state index contributed by atoms with van der Waals surface area (Å²) in [4.78, 5) is 21.6. The molecule has 2 aliphatic rings. The molecule has 5 rings (SSSR count). The first kappa shape index (κ1) is 21.9. The van der Waals surface area contributed by atoms with Crippen LogP contribution in [0.4, 0.5) is 0 Å². The number of carbonyl (C=O) groups excluding carboxylic acids is 1. The summed E-state index contributed by atoms with van der Waals surface area (Å²) in [6, 6.07) is 15.3. The van der Waals surface area contributed by atoms with Gasteiger partial charge in [-0.2, -0.15) is 4.98 Å². The highest BCUT2D eigenvalue weighted by Crippen LogP contribution is 2.31. The highest BCUT2D eigenvalue weighted by molar-refractivity contribution is 6.30. The first-order valence-corrected chi connectivity index (χ1v) is 11.6. The number of para-hydroxylation sites is 1. The van der Waals surface area contributed by atoms with Crippen LogP contribution in [-0.4, -0.2) is 65.2 Å². The SMILES string of the molecule is O=C(CN1CCN(Cc2nc(-c3ccc(Cl)cc3)no2)CC1)NC1CCOc2ccccc21. The predicted molar refractivity (Wildman–Crippen MR) is 124 cm³/mol. The van der Waals surface area contributed by atoms with E-state index < -0.39 is 0 Å². The Morgan fingerprint density at radius 3 is 2.64 bits per heavy atom. The molecule has 0 radical (unpaired) electrons. The van der Waals surface area contributed by atoms with Gasteiger partial charge in [0.15, 0.2) is 0 Å². The molecule has 8 nitrogen and oxygen atoms in total. The summed E-state index contributed by atoms with van der Waals surface area (Å²) in [5, 5.41) is 7.93. The van der Waals surface area contributed by atoms with Crippen LogP contribution in [0.15, 0.2) is 53.1 Å². The second-order valence-electron chi connectivity index (χ2n) is 8.37. The van der Waals surface area contributed by atoms with E-state index in [2.05, 4.69) is 25.3 Å². The van der Waals surface area contributed by atoms with Crippen molar-refractivity contribution in [1.82, 2.24) is 25.3 Å². The summed E-state index contributed by atoms with van der Waals surface area (Å²) >= 11 is 5.94. The topological polar surface area (TPSA) is 83.7 Å². The van der Waals surface area contributed by atoms with E-state index in [1.165, 1.54) is 0 Å². The molecule has 1 fully saturated rings. The number of piperazine rings is 1. The van der Waals surface area contributed by atoms with Gasteiger partial charge in [-0.1, -0.05) is 35.0 Å². The van der Waals surface area contributed by atoms with Gasteiger partial charge < -0.3 is 14.6 Å². The van der Waals surface area contributed by atoms with Gasteiger partial charge in [-0.05, 0) is 30.3 Å². The molecule has 0 aliphatic carbocycles. The molecule has 0 spiro atoms. The first-order chi connectivity index (χ1) is 16.1. The minimum atomic E-state index is 0.0103. The Bertz CT molecular complexity index is 1100. The average molecular weight is 468 g/mol. The number of fused-ring (bicyclic) bond motifs is 1. The largest absolute Gasteiger partial charge is 0.493 e. The molecule has 3 heterocycles. The zero-order valence-electron chi connectivity index (χ0n) is 18.2. The standard InChI is InChI=1S/C24H26ClN5O3/c25-18-7-5-17(6-8-18)24-27-23(33-28-24)16-30-12-10-29(11-13-30)15-22(31)26-20-9-14-32-21-4-2-1-3-19(20)21/h1-8,20H,9-16H2,(H,26,31). The van der Waals surface area contributed by atoms with Gasteiger partial charge in [0.05, 0.1) is 25.7 Å². The fourth-order valence-corrected chi connectivity index (χ4v) is 4.39. The van der Waals surface area contributed by atoms with Crippen LogP contribution < -0.4 is 10.1 Å². The van der Waals surface area contributed by atoms with E-state index in [1.807, 2.05) is 48.5 Å². The number of rotatable bonds is 6. The molecule has 1 aromatic heterocycles. The van der Waals surface area contributed by atoms with Crippen LogP contribution in [0.5, 0.6) is 5.75 Å². The maximum Gasteiger partial charge on any atom is 0.241 e. The molecule has 1 unspecified atom stereocenters. The summed E-state index contributed by atoms with van der Waals surface area (Å²) in [5.74, 6) is 2.06. The van der Waals surface area contributed by atoms with Crippen molar-refractivity contribution in [2.45, 2.75) is 19.0 Å². The van der Waals surface area contributed by atoms with Crippen LogP contribution in [0.2, 0.25) is 5.02 Å².